The third kappa shape index (κ3) is 7.03. The van der Waals surface area contributed by atoms with E-state index in [2.05, 4.69) is 10.6 Å². The second kappa shape index (κ2) is 12.9. The minimum Gasteiger partial charge on any atom is -0.497 e. The molecule has 0 aliphatic carbocycles. The first kappa shape index (κ1) is 26.3. The van der Waals surface area contributed by atoms with Crippen LogP contribution in [-0.4, -0.2) is 70.7 Å². The summed E-state index contributed by atoms with van der Waals surface area (Å²) in [5, 5.41) is 5.23. The molecule has 34 heavy (non-hydrogen) atoms. The molecule has 0 bridgehead atoms. The van der Waals surface area contributed by atoms with Crippen LogP contribution in [0.5, 0.6) is 23.0 Å². The van der Waals surface area contributed by atoms with Crippen molar-refractivity contribution in [3.8, 4) is 23.0 Å². The summed E-state index contributed by atoms with van der Waals surface area (Å²) in [6.07, 6.45) is 0.640. The lowest BCUT2D eigenvalue weighted by molar-refractivity contribution is -0.124. The standard InChI is InChI=1S/C24H31N3O7/c1-6-11-27(24(30)16-12-19(32-3)23(34-5)20(13-16)33-4)15-22(29)25-14-21(28)26-17-7-9-18(31-2)10-8-17/h7-10,12-13H,6,11,14-15H2,1-5H3,(H,25,29)(H,26,28). The van der Waals surface area contributed by atoms with Gasteiger partial charge in [-0.3, -0.25) is 14.4 Å². The van der Waals surface area contributed by atoms with Crippen molar-refractivity contribution in [1.29, 1.82) is 0 Å². The van der Waals surface area contributed by atoms with Gasteiger partial charge in [-0.25, -0.2) is 0 Å². The minimum atomic E-state index is -0.459. The van der Waals surface area contributed by atoms with Crippen molar-refractivity contribution in [1.82, 2.24) is 10.2 Å². The van der Waals surface area contributed by atoms with Gasteiger partial charge in [-0.2, -0.15) is 0 Å². The highest BCUT2D eigenvalue weighted by atomic mass is 16.5. The third-order valence-electron chi connectivity index (χ3n) is 4.85. The number of carbonyl (C=O) groups is 3. The predicted octanol–water partition coefficient (Wildman–Crippen LogP) is 2.33. The molecule has 184 valence electrons. The van der Waals surface area contributed by atoms with Gasteiger partial charge in [0.2, 0.25) is 17.6 Å². The van der Waals surface area contributed by atoms with Crippen molar-refractivity contribution in [2.75, 3.05) is 53.4 Å². The minimum absolute atomic E-state index is 0.209. The Morgan fingerprint density at radius 3 is 1.97 bits per heavy atom. The van der Waals surface area contributed by atoms with Crippen LogP contribution in [0.3, 0.4) is 0 Å². The van der Waals surface area contributed by atoms with E-state index in [4.69, 9.17) is 18.9 Å². The Bertz CT molecular complexity index is 968. The van der Waals surface area contributed by atoms with Crippen LogP contribution in [0.15, 0.2) is 36.4 Å². The van der Waals surface area contributed by atoms with E-state index < -0.39 is 11.8 Å². The quantitative estimate of drug-likeness (QED) is 0.486. The second-order valence-electron chi connectivity index (χ2n) is 7.19. The van der Waals surface area contributed by atoms with E-state index >= 15 is 0 Å². The van der Waals surface area contributed by atoms with E-state index in [1.165, 1.54) is 38.4 Å². The summed E-state index contributed by atoms with van der Waals surface area (Å²) < 4.78 is 21.0. The molecule has 2 aromatic rings. The maximum atomic E-state index is 13.1. The Labute approximate surface area is 199 Å². The van der Waals surface area contributed by atoms with Gasteiger partial charge < -0.3 is 34.5 Å². The molecule has 0 heterocycles. The summed E-state index contributed by atoms with van der Waals surface area (Å²) in [7, 11) is 5.94. The van der Waals surface area contributed by atoms with Gasteiger partial charge in [0.05, 0.1) is 41.5 Å². The highest BCUT2D eigenvalue weighted by Gasteiger charge is 2.22. The molecule has 0 atom stereocenters. The van der Waals surface area contributed by atoms with Crippen molar-refractivity contribution >= 4 is 23.4 Å². The van der Waals surface area contributed by atoms with Crippen LogP contribution in [0.25, 0.3) is 0 Å². The van der Waals surface area contributed by atoms with E-state index in [-0.39, 0.29) is 24.6 Å². The van der Waals surface area contributed by atoms with E-state index in [0.717, 1.165) is 0 Å². The Balaban J connectivity index is 2.02. The van der Waals surface area contributed by atoms with Gasteiger partial charge in [-0.15, -0.1) is 0 Å². The van der Waals surface area contributed by atoms with Crippen LogP contribution >= 0.6 is 0 Å². The molecule has 0 aliphatic heterocycles. The van der Waals surface area contributed by atoms with Gasteiger partial charge in [-0.1, -0.05) is 6.92 Å². The van der Waals surface area contributed by atoms with Crippen LogP contribution in [0.1, 0.15) is 23.7 Å². The van der Waals surface area contributed by atoms with E-state index in [1.807, 2.05) is 6.92 Å². The molecule has 0 saturated carbocycles. The van der Waals surface area contributed by atoms with Crippen molar-refractivity contribution in [2.24, 2.45) is 0 Å². The predicted molar refractivity (Wildman–Crippen MR) is 127 cm³/mol. The normalized spacial score (nSPS) is 10.1. The van der Waals surface area contributed by atoms with Crippen molar-refractivity contribution in [3.05, 3.63) is 42.0 Å². The number of ether oxygens (including phenoxy) is 4. The Morgan fingerprint density at radius 2 is 1.47 bits per heavy atom. The maximum Gasteiger partial charge on any atom is 0.254 e. The molecular formula is C24H31N3O7. The zero-order chi connectivity index (χ0) is 25.1. The number of carbonyl (C=O) groups excluding carboxylic acids is 3. The molecule has 0 aromatic heterocycles. The SMILES string of the molecule is CCCN(CC(=O)NCC(=O)Nc1ccc(OC)cc1)C(=O)c1cc(OC)c(OC)c(OC)c1. The first-order valence-electron chi connectivity index (χ1n) is 10.7. The smallest absolute Gasteiger partial charge is 0.254 e. The van der Waals surface area contributed by atoms with Gasteiger partial charge in [0, 0.05) is 17.8 Å². The van der Waals surface area contributed by atoms with Crippen molar-refractivity contribution in [2.45, 2.75) is 13.3 Å². The molecule has 2 N–H and O–H groups in total. The fourth-order valence-corrected chi connectivity index (χ4v) is 3.20. The largest absolute Gasteiger partial charge is 0.497 e. The summed E-state index contributed by atoms with van der Waals surface area (Å²) in [6, 6.07) is 9.88. The fourth-order valence-electron chi connectivity index (χ4n) is 3.20. The van der Waals surface area contributed by atoms with Crippen molar-refractivity contribution in [3.63, 3.8) is 0 Å². The number of nitrogens with zero attached hydrogens (tertiary/aromatic N) is 1. The van der Waals surface area contributed by atoms with Gasteiger partial charge in [0.1, 0.15) is 5.75 Å². The van der Waals surface area contributed by atoms with Gasteiger partial charge in [0.25, 0.3) is 5.91 Å². The van der Waals surface area contributed by atoms with Crippen LogP contribution < -0.4 is 29.6 Å². The number of benzene rings is 2. The molecule has 3 amide bonds. The number of rotatable bonds is 12. The first-order valence-corrected chi connectivity index (χ1v) is 10.7. The van der Waals surface area contributed by atoms with E-state index in [0.29, 0.717) is 41.7 Å². The summed E-state index contributed by atoms with van der Waals surface area (Å²) in [5.74, 6) is 0.473. The van der Waals surface area contributed by atoms with Gasteiger partial charge in [-0.05, 0) is 42.8 Å². The summed E-state index contributed by atoms with van der Waals surface area (Å²) in [6.45, 7) is 1.80. The molecule has 0 spiro atoms. The summed E-state index contributed by atoms with van der Waals surface area (Å²) in [5.41, 5.74) is 0.859. The molecule has 10 nitrogen and oxygen atoms in total. The van der Waals surface area contributed by atoms with Crippen LogP contribution in [0.4, 0.5) is 5.69 Å². The molecule has 0 saturated heterocycles. The molecule has 0 aliphatic rings. The summed E-state index contributed by atoms with van der Waals surface area (Å²) >= 11 is 0. The van der Waals surface area contributed by atoms with Crippen LogP contribution in [0, 0.1) is 0 Å². The first-order chi connectivity index (χ1) is 16.4. The monoisotopic (exact) mass is 473 g/mol. The molecule has 2 aromatic carbocycles. The maximum absolute atomic E-state index is 13.1. The van der Waals surface area contributed by atoms with E-state index in [9.17, 15) is 14.4 Å². The highest BCUT2D eigenvalue weighted by molar-refractivity contribution is 5.99. The fraction of sp³-hybridized carbons (Fsp3) is 0.375. The van der Waals surface area contributed by atoms with Crippen molar-refractivity contribution < 1.29 is 33.3 Å². The Hall–Kier alpha value is -3.95. The lowest BCUT2D eigenvalue weighted by atomic mass is 10.1. The van der Waals surface area contributed by atoms with Crippen LogP contribution in [-0.2, 0) is 9.59 Å². The lowest BCUT2D eigenvalue weighted by Crippen LogP contribution is -2.43. The Kier molecular flexibility index (Phi) is 10.0. The van der Waals surface area contributed by atoms with Gasteiger partial charge in [0.15, 0.2) is 11.5 Å². The average molecular weight is 474 g/mol. The second-order valence-corrected chi connectivity index (χ2v) is 7.19. The van der Waals surface area contributed by atoms with Gasteiger partial charge >= 0.3 is 0 Å². The molecule has 0 unspecified atom stereocenters. The zero-order valence-electron chi connectivity index (χ0n) is 20.1. The van der Waals surface area contributed by atoms with E-state index in [1.54, 1.807) is 31.4 Å². The number of amides is 3. The average Bonchev–Trinajstić information content (AvgIpc) is 2.86. The number of hydrogen-bond donors (Lipinski definition) is 2. The number of nitrogens with one attached hydrogen (secondary N) is 2. The molecule has 2 rings (SSSR count). The molecular weight excluding hydrogens is 442 g/mol. The third-order valence-corrected chi connectivity index (χ3v) is 4.85. The summed E-state index contributed by atoms with van der Waals surface area (Å²) in [4.78, 5) is 39.2. The number of hydrogen-bond acceptors (Lipinski definition) is 7. The topological polar surface area (TPSA) is 115 Å². The highest BCUT2D eigenvalue weighted by Crippen LogP contribution is 2.38. The lowest BCUT2D eigenvalue weighted by Gasteiger charge is -2.22. The molecule has 0 radical (unpaired) electrons. The molecule has 10 heteroatoms. The zero-order valence-corrected chi connectivity index (χ0v) is 20.1. The van der Waals surface area contributed by atoms with Crippen LogP contribution in [0.2, 0.25) is 0 Å². The number of anilines is 1. The number of methoxy groups -OCH3 is 4. The molecule has 0 fully saturated rings. The Morgan fingerprint density at radius 1 is 0.853 bits per heavy atom.